The van der Waals surface area contributed by atoms with Crippen molar-refractivity contribution >= 4 is 66.6 Å². The summed E-state index contributed by atoms with van der Waals surface area (Å²) in [6.45, 7) is 0. The fourth-order valence-electron chi connectivity index (χ4n) is 1.03. The lowest BCUT2D eigenvalue weighted by atomic mass is 10.3. The lowest BCUT2D eigenvalue weighted by Gasteiger charge is -2.18. The van der Waals surface area contributed by atoms with E-state index < -0.39 is 50.1 Å². The average Bonchev–Trinajstić information content (AvgIpc) is 2.10. The Hall–Kier alpha value is 0.200. The first-order valence-electron chi connectivity index (χ1n) is 3.66. The summed E-state index contributed by atoms with van der Waals surface area (Å²) in [6, 6.07) is 0. The number of hydrogen-bond donors (Lipinski definition) is 0. The van der Waals surface area contributed by atoms with Gasteiger partial charge in [0.25, 0.3) is 0 Å². The molecule has 0 spiro atoms. The van der Waals surface area contributed by atoms with Gasteiger partial charge in [0, 0.05) is 0 Å². The Balaban J connectivity index is 4.03. The third-order valence-corrected chi connectivity index (χ3v) is 5.65. The molecule has 12 heteroatoms. The van der Waals surface area contributed by atoms with E-state index in [2.05, 4.69) is 0 Å². The Morgan fingerprint density at radius 3 is 0.889 bits per heavy atom. The van der Waals surface area contributed by atoms with Crippen LogP contribution in [0.5, 0.6) is 0 Å². The minimum absolute atomic E-state index is 0.976. The summed E-state index contributed by atoms with van der Waals surface area (Å²) in [7, 11) is -10.3. The molecule has 0 amide bonds. The normalized spacial score (nSPS) is 12.8. The maximum Gasteiger partial charge on any atom is 0.127 e. The van der Waals surface area contributed by atoms with Gasteiger partial charge in [-0.05, 0) is 0 Å². The number of benzene rings is 1. The van der Waals surface area contributed by atoms with E-state index in [4.69, 9.17) is 46.4 Å². The molecule has 6 nitrogen and oxygen atoms in total. The largest absolute Gasteiger partial charge is 0.744 e. The van der Waals surface area contributed by atoms with Gasteiger partial charge in [-0.2, -0.15) is 0 Å². The average molecular weight is 374 g/mol. The Kier molecular flexibility index (Phi) is 4.47. The van der Waals surface area contributed by atoms with Crippen molar-refractivity contribution in [1.29, 1.82) is 0 Å². The molecule has 1 aromatic carbocycles. The topological polar surface area (TPSA) is 114 Å². The van der Waals surface area contributed by atoms with E-state index in [0.717, 1.165) is 0 Å². The van der Waals surface area contributed by atoms with Crippen LogP contribution >= 0.6 is 46.4 Å². The molecule has 0 aliphatic heterocycles. The van der Waals surface area contributed by atoms with E-state index in [1.807, 2.05) is 0 Å². The first-order chi connectivity index (χ1) is 7.89. The molecule has 0 saturated heterocycles. The maximum absolute atomic E-state index is 10.9. The summed E-state index contributed by atoms with van der Waals surface area (Å²) >= 11 is 21.6. The summed E-state index contributed by atoms with van der Waals surface area (Å²) in [6.07, 6.45) is 0. The zero-order valence-electron chi connectivity index (χ0n) is 7.78. The minimum Gasteiger partial charge on any atom is -0.744 e. The lowest BCUT2D eigenvalue weighted by molar-refractivity contribution is 0.458. The first kappa shape index (κ1) is 16.3. The van der Waals surface area contributed by atoms with Gasteiger partial charge >= 0.3 is 0 Å². The molecule has 0 radical (unpaired) electrons. The lowest BCUT2D eigenvalue weighted by Crippen LogP contribution is -2.07. The van der Waals surface area contributed by atoms with Crippen LogP contribution in [0.3, 0.4) is 0 Å². The first-order valence-corrected chi connectivity index (χ1v) is 7.99. The molecule has 102 valence electrons. The van der Waals surface area contributed by atoms with Gasteiger partial charge in [-0.3, -0.25) is 0 Å². The quantitative estimate of drug-likeness (QED) is 0.579. The molecule has 1 rings (SSSR count). The van der Waals surface area contributed by atoms with Crippen LogP contribution in [0.25, 0.3) is 0 Å². The van der Waals surface area contributed by atoms with Crippen LogP contribution in [-0.2, 0) is 20.2 Å². The number of hydrogen-bond acceptors (Lipinski definition) is 6. The molecule has 0 N–H and O–H groups in total. The summed E-state index contributed by atoms with van der Waals surface area (Å²) in [5, 5.41) is -3.91. The zero-order valence-corrected chi connectivity index (χ0v) is 12.4. The van der Waals surface area contributed by atoms with Crippen molar-refractivity contribution in [3.63, 3.8) is 0 Å². The van der Waals surface area contributed by atoms with Crippen molar-refractivity contribution in [3.8, 4) is 0 Å². The van der Waals surface area contributed by atoms with E-state index in [1.54, 1.807) is 0 Å². The molecule has 18 heavy (non-hydrogen) atoms. The predicted octanol–water partition coefficient (Wildman–Crippen LogP) is 2.11. The van der Waals surface area contributed by atoms with Crippen molar-refractivity contribution in [2.45, 2.75) is 9.79 Å². The van der Waals surface area contributed by atoms with E-state index in [0.29, 0.717) is 0 Å². The van der Waals surface area contributed by atoms with Gasteiger partial charge in [0.1, 0.15) is 20.2 Å². The Morgan fingerprint density at radius 1 is 0.611 bits per heavy atom. The van der Waals surface area contributed by atoms with E-state index in [-0.39, 0.29) is 0 Å². The van der Waals surface area contributed by atoms with Crippen molar-refractivity contribution in [3.05, 3.63) is 20.1 Å². The zero-order chi connectivity index (χ0) is 14.5. The molecule has 0 bridgehead atoms. The Labute approximate surface area is 122 Å². The van der Waals surface area contributed by atoms with Crippen LogP contribution in [0.1, 0.15) is 0 Å². The second-order valence-electron chi connectivity index (χ2n) is 2.82. The van der Waals surface area contributed by atoms with Crippen molar-refractivity contribution in [2.24, 2.45) is 0 Å². The van der Waals surface area contributed by atoms with Crippen molar-refractivity contribution < 1.29 is 25.9 Å². The standard InChI is InChI=1S/C6H2Cl4O6S2/c7-1-2(8)6(18(14,15)16)4(10)3(9)5(1)17(11,12)13/h(H,11,12,13)(H,14,15,16)/p-2. The Bertz CT molecular complexity index is 631. The highest BCUT2D eigenvalue weighted by Crippen LogP contribution is 2.45. The van der Waals surface area contributed by atoms with Crippen LogP contribution in [0.15, 0.2) is 9.79 Å². The Morgan fingerprint density at radius 2 is 0.778 bits per heavy atom. The van der Waals surface area contributed by atoms with Gasteiger partial charge in [-0.15, -0.1) is 0 Å². The van der Waals surface area contributed by atoms with Crippen molar-refractivity contribution in [1.82, 2.24) is 0 Å². The number of rotatable bonds is 2. The van der Waals surface area contributed by atoms with Crippen LogP contribution in [0, 0.1) is 0 Å². The van der Waals surface area contributed by atoms with E-state index >= 15 is 0 Å². The molecule has 0 saturated carbocycles. The van der Waals surface area contributed by atoms with Crippen LogP contribution in [-0.4, -0.2) is 25.9 Å². The van der Waals surface area contributed by atoms with Crippen LogP contribution < -0.4 is 0 Å². The van der Waals surface area contributed by atoms with Crippen molar-refractivity contribution in [2.75, 3.05) is 0 Å². The van der Waals surface area contributed by atoms with Gasteiger partial charge in [0.15, 0.2) is 0 Å². The smallest absolute Gasteiger partial charge is 0.127 e. The summed E-state index contributed by atoms with van der Waals surface area (Å²) in [5.74, 6) is 0. The molecular weight excluding hydrogens is 374 g/mol. The summed E-state index contributed by atoms with van der Waals surface area (Å²) in [5.41, 5.74) is 0. The van der Waals surface area contributed by atoms with Crippen LogP contribution in [0.4, 0.5) is 0 Å². The highest BCUT2D eigenvalue weighted by atomic mass is 35.5. The maximum atomic E-state index is 10.9. The molecule has 0 aromatic heterocycles. The highest BCUT2D eigenvalue weighted by molar-refractivity contribution is 7.86. The fourth-order valence-corrected chi connectivity index (χ4v) is 4.53. The molecule has 1 aromatic rings. The summed E-state index contributed by atoms with van der Waals surface area (Å²) in [4.78, 5) is -2.37. The van der Waals surface area contributed by atoms with Gasteiger partial charge in [-0.1, -0.05) is 46.4 Å². The monoisotopic (exact) mass is 372 g/mol. The molecule has 0 aliphatic rings. The fraction of sp³-hybridized carbons (Fsp3) is 0. The second kappa shape index (κ2) is 4.95. The third kappa shape index (κ3) is 2.86. The molecule has 0 aliphatic carbocycles. The van der Waals surface area contributed by atoms with Gasteiger partial charge < -0.3 is 9.11 Å². The SMILES string of the molecule is O=S(=O)([O-])c1c(Cl)c(Cl)c(S(=O)(=O)[O-])c(Cl)c1Cl. The van der Waals surface area contributed by atoms with Gasteiger partial charge in [0.2, 0.25) is 0 Å². The minimum atomic E-state index is -5.15. The molecule has 0 fully saturated rings. The van der Waals surface area contributed by atoms with Gasteiger partial charge in [0.05, 0.1) is 29.9 Å². The van der Waals surface area contributed by atoms with Crippen LogP contribution in [0.2, 0.25) is 20.1 Å². The van der Waals surface area contributed by atoms with E-state index in [1.165, 1.54) is 0 Å². The molecule has 0 unspecified atom stereocenters. The molecular formula is C6Cl4O6S2-2. The van der Waals surface area contributed by atoms with Gasteiger partial charge in [-0.25, -0.2) is 16.8 Å². The summed E-state index contributed by atoms with van der Waals surface area (Å²) < 4.78 is 65.2. The predicted molar refractivity (Wildman–Crippen MR) is 62.4 cm³/mol. The highest BCUT2D eigenvalue weighted by Gasteiger charge is 2.26. The molecule has 0 heterocycles. The van der Waals surface area contributed by atoms with E-state index in [9.17, 15) is 25.9 Å². The molecule has 0 atom stereocenters. The third-order valence-electron chi connectivity index (χ3n) is 1.68. The number of halogens is 4. The second-order valence-corrected chi connectivity index (χ2v) is 6.97.